The third-order valence-corrected chi connectivity index (χ3v) is 4.38. The van der Waals surface area contributed by atoms with Gasteiger partial charge in [-0.3, -0.25) is 14.9 Å². The lowest BCUT2D eigenvalue weighted by molar-refractivity contribution is -0.862. The van der Waals surface area contributed by atoms with E-state index < -0.39 is 11.9 Å². The number of rotatable bonds is 8. The van der Waals surface area contributed by atoms with Gasteiger partial charge in [-0.2, -0.15) is 0 Å². The molecule has 9 nitrogen and oxygen atoms in total. The summed E-state index contributed by atoms with van der Waals surface area (Å²) < 4.78 is 5.35. The van der Waals surface area contributed by atoms with Crippen molar-refractivity contribution in [3.05, 3.63) is 24.3 Å². The molecule has 0 aliphatic carbocycles. The van der Waals surface area contributed by atoms with Crippen molar-refractivity contribution in [2.45, 2.75) is 13.8 Å². The minimum atomic E-state index is -0.513. The summed E-state index contributed by atoms with van der Waals surface area (Å²) in [5, 5.41) is 7.73. The first-order valence-electron chi connectivity index (χ1n) is 9.95. The molecule has 1 fully saturated rings. The van der Waals surface area contributed by atoms with Crippen LogP contribution >= 0.6 is 0 Å². The third kappa shape index (κ3) is 8.49. The standard InChI is InChI=1S/C20H31N5O4/c1-15(2)12-21-20(28)23-19(27)14-24(3)13-18(26)22-16-4-6-17(7-5-16)25-8-10-29-11-9-25/h4-7,15H,8-14H2,1-3H3,(H,22,26)(H2,21,23,27,28)/p+1. The normalized spacial score (nSPS) is 15.0. The van der Waals surface area contributed by atoms with Gasteiger partial charge in [-0.1, -0.05) is 13.8 Å². The SMILES string of the molecule is CC(C)CNC(=O)NC(=O)C[NH+](C)CC(=O)Nc1ccc(N2CCOCC2)cc1. The highest BCUT2D eigenvalue weighted by molar-refractivity contribution is 5.95. The lowest BCUT2D eigenvalue weighted by Gasteiger charge is -2.28. The zero-order valence-corrected chi connectivity index (χ0v) is 17.4. The van der Waals surface area contributed by atoms with E-state index in [2.05, 4.69) is 20.9 Å². The number of likely N-dealkylation sites (N-methyl/N-ethyl adjacent to an activating group) is 1. The second-order valence-electron chi connectivity index (χ2n) is 7.66. The average molecular weight is 407 g/mol. The van der Waals surface area contributed by atoms with Crippen molar-refractivity contribution in [2.24, 2.45) is 5.92 Å². The molecule has 0 radical (unpaired) electrons. The number of ether oxygens (including phenoxy) is 1. The van der Waals surface area contributed by atoms with Crippen molar-refractivity contribution < 1.29 is 24.0 Å². The number of benzene rings is 1. The molecule has 2 rings (SSSR count). The maximum Gasteiger partial charge on any atom is 0.321 e. The Kier molecular flexibility index (Phi) is 8.88. The Labute approximate surface area is 171 Å². The fourth-order valence-corrected chi connectivity index (χ4v) is 2.90. The van der Waals surface area contributed by atoms with Crippen LogP contribution in [-0.4, -0.2) is 70.8 Å². The quantitative estimate of drug-likeness (QED) is 0.464. The van der Waals surface area contributed by atoms with Gasteiger partial charge in [0.05, 0.1) is 20.3 Å². The summed E-state index contributed by atoms with van der Waals surface area (Å²) in [5.41, 5.74) is 1.80. The summed E-state index contributed by atoms with van der Waals surface area (Å²) in [5.74, 6) is -0.319. The number of nitrogens with zero attached hydrogens (tertiary/aromatic N) is 1. The predicted octanol–water partition coefficient (Wildman–Crippen LogP) is -0.542. The van der Waals surface area contributed by atoms with Gasteiger partial charge in [0.25, 0.3) is 11.8 Å². The van der Waals surface area contributed by atoms with E-state index in [0.717, 1.165) is 32.0 Å². The Morgan fingerprint density at radius 3 is 2.31 bits per heavy atom. The Morgan fingerprint density at radius 2 is 1.69 bits per heavy atom. The highest BCUT2D eigenvalue weighted by Gasteiger charge is 2.17. The Hall–Kier alpha value is -2.65. The van der Waals surface area contributed by atoms with E-state index in [1.165, 1.54) is 0 Å². The number of quaternary nitrogens is 1. The molecule has 1 unspecified atom stereocenters. The third-order valence-electron chi connectivity index (χ3n) is 4.38. The molecule has 29 heavy (non-hydrogen) atoms. The van der Waals surface area contributed by atoms with Crippen LogP contribution in [0.5, 0.6) is 0 Å². The van der Waals surface area contributed by atoms with E-state index in [4.69, 9.17) is 4.74 Å². The van der Waals surface area contributed by atoms with Crippen LogP contribution in [-0.2, 0) is 14.3 Å². The molecule has 0 bridgehead atoms. The van der Waals surface area contributed by atoms with Crippen molar-refractivity contribution in [1.82, 2.24) is 10.6 Å². The second-order valence-corrected chi connectivity index (χ2v) is 7.66. The summed E-state index contributed by atoms with van der Waals surface area (Å²) in [6.45, 7) is 7.73. The molecule has 1 aliphatic heterocycles. The summed E-state index contributed by atoms with van der Waals surface area (Å²) in [7, 11) is 1.73. The molecule has 160 valence electrons. The van der Waals surface area contributed by atoms with Crippen LogP contribution in [0.3, 0.4) is 0 Å². The number of imide groups is 1. The molecular weight excluding hydrogens is 374 g/mol. The van der Waals surface area contributed by atoms with Gasteiger partial charge < -0.3 is 25.2 Å². The van der Waals surface area contributed by atoms with Crippen LogP contribution in [0.15, 0.2) is 24.3 Å². The number of carbonyl (C=O) groups excluding carboxylic acids is 3. The molecule has 1 aromatic carbocycles. The number of carbonyl (C=O) groups is 3. The van der Waals surface area contributed by atoms with Crippen LogP contribution in [0.25, 0.3) is 0 Å². The van der Waals surface area contributed by atoms with Crippen molar-refractivity contribution in [1.29, 1.82) is 0 Å². The van der Waals surface area contributed by atoms with Crippen molar-refractivity contribution in [3.8, 4) is 0 Å². The van der Waals surface area contributed by atoms with Gasteiger partial charge in [0.2, 0.25) is 0 Å². The number of urea groups is 1. The molecule has 4 amide bonds. The number of amides is 4. The molecule has 0 aromatic heterocycles. The predicted molar refractivity (Wildman–Crippen MR) is 111 cm³/mol. The Morgan fingerprint density at radius 1 is 1.07 bits per heavy atom. The van der Waals surface area contributed by atoms with Gasteiger partial charge in [-0.15, -0.1) is 0 Å². The summed E-state index contributed by atoms with van der Waals surface area (Å²) in [6, 6.07) is 7.16. The Bertz CT molecular complexity index is 687. The maximum absolute atomic E-state index is 12.2. The molecule has 1 heterocycles. The molecule has 1 aromatic rings. The molecule has 1 saturated heterocycles. The maximum atomic E-state index is 12.2. The number of anilines is 2. The largest absolute Gasteiger partial charge is 0.378 e. The number of hydrogen-bond acceptors (Lipinski definition) is 5. The summed E-state index contributed by atoms with van der Waals surface area (Å²) in [6.07, 6.45) is 0. The summed E-state index contributed by atoms with van der Waals surface area (Å²) >= 11 is 0. The minimum absolute atomic E-state index is 0.0263. The van der Waals surface area contributed by atoms with E-state index in [1.54, 1.807) is 7.05 Å². The van der Waals surface area contributed by atoms with Gasteiger partial charge in [0.1, 0.15) is 0 Å². The second kappa shape index (κ2) is 11.4. The van der Waals surface area contributed by atoms with Crippen LogP contribution in [0, 0.1) is 5.92 Å². The first-order valence-corrected chi connectivity index (χ1v) is 9.95. The number of hydrogen-bond donors (Lipinski definition) is 4. The van der Waals surface area contributed by atoms with Crippen molar-refractivity contribution in [3.63, 3.8) is 0 Å². The van der Waals surface area contributed by atoms with Gasteiger partial charge in [0, 0.05) is 31.0 Å². The first kappa shape index (κ1) is 22.6. The molecule has 4 N–H and O–H groups in total. The van der Waals surface area contributed by atoms with E-state index >= 15 is 0 Å². The first-order chi connectivity index (χ1) is 13.8. The van der Waals surface area contributed by atoms with E-state index in [9.17, 15) is 14.4 Å². The zero-order valence-electron chi connectivity index (χ0n) is 17.4. The minimum Gasteiger partial charge on any atom is -0.378 e. The topological polar surface area (TPSA) is 104 Å². The molecule has 9 heteroatoms. The van der Waals surface area contributed by atoms with Crippen LogP contribution in [0.2, 0.25) is 0 Å². The lowest BCUT2D eigenvalue weighted by Crippen LogP contribution is -3.11. The van der Waals surface area contributed by atoms with E-state index in [-0.39, 0.29) is 19.0 Å². The van der Waals surface area contributed by atoms with Crippen LogP contribution in [0.4, 0.5) is 16.2 Å². The van der Waals surface area contributed by atoms with Crippen molar-refractivity contribution >= 4 is 29.2 Å². The Balaban J connectivity index is 1.72. The monoisotopic (exact) mass is 406 g/mol. The number of morpholine rings is 1. The molecule has 0 spiro atoms. The van der Waals surface area contributed by atoms with Crippen LogP contribution < -0.4 is 25.8 Å². The lowest BCUT2D eigenvalue weighted by atomic mass is 10.2. The van der Waals surface area contributed by atoms with E-state index in [1.807, 2.05) is 38.1 Å². The zero-order chi connectivity index (χ0) is 21.2. The fourth-order valence-electron chi connectivity index (χ4n) is 2.90. The van der Waals surface area contributed by atoms with Gasteiger partial charge in [-0.05, 0) is 30.2 Å². The molecular formula is C20H32N5O4+. The highest BCUT2D eigenvalue weighted by atomic mass is 16.5. The van der Waals surface area contributed by atoms with Crippen LogP contribution in [0.1, 0.15) is 13.8 Å². The van der Waals surface area contributed by atoms with E-state index in [0.29, 0.717) is 23.0 Å². The van der Waals surface area contributed by atoms with Gasteiger partial charge in [0.15, 0.2) is 13.1 Å². The summed E-state index contributed by atoms with van der Waals surface area (Å²) in [4.78, 5) is 38.6. The number of nitrogens with one attached hydrogen (secondary N) is 4. The fraction of sp³-hybridized carbons (Fsp3) is 0.550. The average Bonchev–Trinajstić information content (AvgIpc) is 2.67. The van der Waals surface area contributed by atoms with Crippen molar-refractivity contribution in [2.75, 3.05) is 63.2 Å². The van der Waals surface area contributed by atoms with Gasteiger partial charge >= 0.3 is 6.03 Å². The molecule has 1 atom stereocenters. The molecule has 1 aliphatic rings. The highest BCUT2D eigenvalue weighted by Crippen LogP contribution is 2.18. The van der Waals surface area contributed by atoms with Gasteiger partial charge in [-0.25, -0.2) is 4.79 Å². The smallest absolute Gasteiger partial charge is 0.321 e. The molecule has 0 saturated carbocycles.